The van der Waals surface area contributed by atoms with Crippen LogP contribution in [-0.4, -0.2) is 69.0 Å². The summed E-state index contributed by atoms with van der Waals surface area (Å²) >= 11 is 0. The molecular weight excluding hydrogens is 262 g/mol. The average Bonchev–Trinajstić information content (AvgIpc) is 2.88. The van der Waals surface area contributed by atoms with Crippen LogP contribution < -0.4 is 10.6 Å². The highest BCUT2D eigenvalue weighted by molar-refractivity contribution is 5.76. The molecule has 116 valence electrons. The monoisotopic (exact) mass is 287 g/mol. The molecule has 20 heavy (non-hydrogen) atoms. The van der Waals surface area contributed by atoms with E-state index in [9.17, 15) is 14.7 Å². The number of aliphatic hydroxyl groups is 1. The second-order valence-corrected chi connectivity index (χ2v) is 5.27. The van der Waals surface area contributed by atoms with Crippen LogP contribution in [0.15, 0.2) is 0 Å². The van der Waals surface area contributed by atoms with Gasteiger partial charge in [0.2, 0.25) is 5.91 Å². The number of amides is 3. The lowest BCUT2D eigenvalue weighted by Gasteiger charge is -2.26. The first-order valence-electron chi connectivity index (χ1n) is 6.90. The number of nitrogens with one attached hydrogen (secondary N) is 2. The van der Waals surface area contributed by atoms with E-state index in [2.05, 4.69) is 10.6 Å². The van der Waals surface area contributed by atoms with Gasteiger partial charge in [-0.2, -0.15) is 0 Å². The fraction of sp³-hybridized carbons (Fsp3) is 0.846. The Hall–Kier alpha value is -1.34. The molecule has 0 aromatic carbocycles. The maximum atomic E-state index is 12.0. The van der Waals surface area contributed by atoms with E-state index in [1.807, 2.05) is 0 Å². The Morgan fingerprint density at radius 3 is 2.80 bits per heavy atom. The van der Waals surface area contributed by atoms with Crippen molar-refractivity contribution < 1.29 is 19.4 Å². The molecule has 0 radical (unpaired) electrons. The predicted molar refractivity (Wildman–Crippen MR) is 74.3 cm³/mol. The van der Waals surface area contributed by atoms with Gasteiger partial charge in [-0.25, -0.2) is 4.79 Å². The molecule has 1 unspecified atom stereocenters. The number of carbonyl (C=O) groups excluding carboxylic acids is 2. The molecule has 0 bridgehead atoms. The van der Waals surface area contributed by atoms with Crippen molar-refractivity contribution in [1.82, 2.24) is 15.5 Å². The zero-order chi connectivity index (χ0) is 15.0. The second-order valence-electron chi connectivity index (χ2n) is 5.27. The molecule has 1 aliphatic heterocycles. The number of rotatable bonds is 7. The second kappa shape index (κ2) is 8.06. The summed E-state index contributed by atoms with van der Waals surface area (Å²) < 4.78 is 5.12. The van der Waals surface area contributed by atoms with Gasteiger partial charge < -0.3 is 25.4 Å². The van der Waals surface area contributed by atoms with E-state index >= 15 is 0 Å². The van der Waals surface area contributed by atoms with Gasteiger partial charge in [0.05, 0.1) is 13.2 Å². The third kappa shape index (κ3) is 4.64. The van der Waals surface area contributed by atoms with Gasteiger partial charge in [0.1, 0.15) is 0 Å². The van der Waals surface area contributed by atoms with Crippen molar-refractivity contribution in [2.75, 3.05) is 47.0 Å². The Balaban J connectivity index is 2.29. The van der Waals surface area contributed by atoms with Crippen LogP contribution in [0.2, 0.25) is 0 Å². The first kappa shape index (κ1) is 16.7. The first-order chi connectivity index (χ1) is 9.56. The highest BCUT2D eigenvalue weighted by atomic mass is 16.5. The zero-order valence-electron chi connectivity index (χ0n) is 12.3. The highest BCUT2D eigenvalue weighted by Gasteiger charge is 2.39. The molecule has 3 N–H and O–H groups in total. The molecule has 1 heterocycles. The molecule has 1 saturated heterocycles. The van der Waals surface area contributed by atoms with E-state index in [-0.39, 0.29) is 24.0 Å². The predicted octanol–water partition coefficient (Wildman–Crippen LogP) is -0.447. The van der Waals surface area contributed by atoms with E-state index in [1.165, 1.54) is 0 Å². The summed E-state index contributed by atoms with van der Waals surface area (Å²) in [6.07, 6.45) is 1.76. The number of nitrogens with zero attached hydrogens (tertiary/aromatic N) is 1. The molecule has 0 aromatic rings. The molecule has 1 atom stereocenters. The van der Waals surface area contributed by atoms with Crippen LogP contribution in [0.1, 0.15) is 19.3 Å². The SMILES string of the molecule is CNC(=O)CCCNC(=O)N1CCC(CO)(COC)C1. The minimum Gasteiger partial charge on any atom is -0.396 e. The maximum Gasteiger partial charge on any atom is 0.317 e. The van der Waals surface area contributed by atoms with Crippen molar-refractivity contribution in [1.29, 1.82) is 0 Å². The molecule has 1 rings (SSSR count). The summed E-state index contributed by atoms with van der Waals surface area (Å²) in [5.41, 5.74) is -0.339. The number of urea groups is 1. The number of aliphatic hydroxyl groups excluding tert-OH is 1. The van der Waals surface area contributed by atoms with Crippen LogP contribution >= 0.6 is 0 Å². The minimum absolute atomic E-state index is 0.0152. The van der Waals surface area contributed by atoms with Crippen molar-refractivity contribution in [2.45, 2.75) is 19.3 Å². The topological polar surface area (TPSA) is 90.9 Å². The van der Waals surface area contributed by atoms with Crippen LogP contribution in [0, 0.1) is 5.41 Å². The van der Waals surface area contributed by atoms with Gasteiger partial charge in [0.25, 0.3) is 0 Å². The van der Waals surface area contributed by atoms with Crippen molar-refractivity contribution in [3.05, 3.63) is 0 Å². The molecular formula is C13H25N3O4. The Morgan fingerprint density at radius 1 is 1.45 bits per heavy atom. The number of methoxy groups -OCH3 is 1. The lowest BCUT2D eigenvalue weighted by Crippen LogP contribution is -2.42. The number of hydrogen-bond donors (Lipinski definition) is 3. The van der Waals surface area contributed by atoms with E-state index in [0.717, 1.165) is 6.42 Å². The summed E-state index contributed by atoms with van der Waals surface area (Å²) in [4.78, 5) is 24.7. The Bertz CT molecular complexity index is 338. The zero-order valence-corrected chi connectivity index (χ0v) is 12.3. The molecule has 1 aliphatic rings. The summed E-state index contributed by atoms with van der Waals surface area (Å²) in [6, 6.07) is -0.145. The summed E-state index contributed by atoms with van der Waals surface area (Å²) in [7, 11) is 3.19. The quantitative estimate of drug-likeness (QED) is 0.553. The van der Waals surface area contributed by atoms with Gasteiger partial charge in [-0.3, -0.25) is 4.79 Å². The number of ether oxygens (including phenoxy) is 1. The van der Waals surface area contributed by atoms with Crippen LogP contribution in [-0.2, 0) is 9.53 Å². The first-order valence-corrected chi connectivity index (χ1v) is 6.90. The molecule has 7 heteroatoms. The van der Waals surface area contributed by atoms with Gasteiger partial charge in [-0.1, -0.05) is 0 Å². The molecule has 1 fully saturated rings. The lowest BCUT2D eigenvalue weighted by molar-refractivity contribution is -0.120. The van der Waals surface area contributed by atoms with Crippen LogP contribution in [0.5, 0.6) is 0 Å². The van der Waals surface area contributed by atoms with Crippen molar-refractivity contribution in [2.24, 2.45) is 5.41 Å². The molecule has 0 aliphatic carbocycles. The fourth-order valence-electron chi connectivity index (χ4n) is 2.39. The van der Waals surface area contributed by atoms with Crippen molar-refractivity contribution in [3.8, 4) is 0 Å². The Kier molecular flexibility index (Phi) is 6.74. The van der Waals surface area contributed by atoms with Gasteiger partial charge in [0.15, 0.2) is 0 Å². The standard InChI is InChI=1S/C13H25N3O4/c1-14-11(18)4-3-6-15-12(19)16-7-5-13(8-16,9-17)10-20-2/h17H,3-10H2,1-2H3,(H,14,18)(H,15,19). The largest absolute Gasteiger partial charge is 0.396 e. The van der Waals surface area contributed by atoms with E-state index in [1.54, 1.807) is 19.1 Å². The fourth-order valence-corrected chi connectivity index (χ4v) is 2.39. The third-order valence-electron chi connectivity index (χ3n) is 3.65. The Morgan fingerprint density at radius 2 is 2.20 bits per heavy atom. The normalized spacial score (nSPS) is 21.9. The van der Waals surface area contributed by atoms with Crippen LogP contribution in [0.3, 0.4) is 0 Å². The molecule has 0 spiro atoms. The third-order valence-corrected chi connectivity index (χ3v) is 3.65. The van der Waals surface area contributed by atoms with Gasteiger partial charge in [-0.15, -0.1) is 0 Å². The van der Waals surface area contributed by atoms with Gasteiger partial charge >= 0.3 is 6.03 Å². The molecule has 0 aromatic heterocycles. The van der Waals surface area contributed by atoms with E-state index in [4.69, 9.17) is 4.74 Å². The lowest BCUT2D eigenvalue weighted by atomic mass is 9.89. The van der Waals surface area contributed by atoms with Crippen LogP contribution in [0.25, 0.3) is 0 Å². The van der Waals surface area contributed by atoms with Crippen molar-refractivity contribution in [3.63, 3.8) is 0 Å². The molecule has 0 saturated carbocycles. The average molecular weight is 287 g/mol. The Labute approximate surface area is 119 Å². The van der Waals surface area contributed by atoms with Gasteiger partial charge in [-0.05, 0) is 12.8 Å². The maximum absolute atomic E-state index is 12.0. The minimum atomic E-state index is -0.339. The van der Waals surface area contributed by atoms with Gasteiger partial charge in [0, 0.05) is 45.6 Å². The number of likely N-dealkylation sites (tertiary alicyclic amines) is 1. The van der Waals surface area contributed by atoms with Crippen LogP contribution in [0.4, 0.5) is 4.79 Å². The van der Waals surface area contributed by atoms with E-state index < -0.39 is 0 Å². The molecule has 7 nitrogen and oxygen atoms in total. The smallest absolute Gasteiger partial charge is 0.317 e. The summed E-state index contributed by atoms with van der Waals surface area (Å²) in [5.74, 6) is -0.0280. The molecule has 3 amide bonds. The number of hydrogen-bond acceptors (Lipinski definition) is 4. The summed E-state index contributed by atoms with van der Waals surface area (Å²) in [6.45, 7) is 2.05. The van der Waals surface area contributed by atoms with Crippen molar-refractivity contribution >= 4 is 11.9 Å². The van der Waals surface area contributed by atoms with E-state index in [0.29, 0.717) is 39.1 Å². The number of carbonyl (C=O) groups is 2. The highest BCUT2D eigenvalue weighted by Crippen LogP contribution is 2.30. The summed E-state index contributed by atoms with van der Waals surface area (Å²) in [5, 5.41) is 14.8.